The van der Waals surface area contributed by atoms with Crippen molar-refractivity contribution in [2.75, 3.05) is 91.8 Å². The van der Waals surface area contributed by atoms with E-state index in [-0.39, 0.29) is 36.4 Å². The molecule has 0 bridgehead atoms. The molecule has 2 saturated heterocycles. The summed E-state index contributed by atoms with van der Waals surface area (Å²) in [7, 11) is 3.14. The lowest BCUT2D eigenvalue weighted by Gasteiger charge is -2.34. The minimum Gasteiger partial charge on any atom is -0.495 e. The molecule has 68 heavy (non-hydrogen) atoms. The summed E-state index contributed by atoms with van der Waals surface area (Å²) < 4.78 is 28.6. The maximum atomic E-state index is 13.3. The van der Waals surface area contributed by atoms with Crippen molar-refractivity contribution in [2.24, 2.45) is 0 Å². The number of nitrogens with zero attached hydrogens (tertiary/aromatic N) is 5. The van der Waals surface area contributed by atoms with Crippen LogP contribution in [0.2, 0.25) is 10.0 Å². The molecule has 1 unspecified atom stereocenters. The van der Waals surface area contributed by atoms with Gasteiger partial charge in [-0.05, 0) is 80.1 Å². The monoisotopic (exact) mass is 969 g/mol. The van der Waals surface area contributed by atoms with E-state index in [2.05, 4.69) is 38.1 Å². The van der Waals surface area contributed by atoms with Crippen molar-refractivity contribution in [2.45, 2.75) is 57.4 Å². The molecule has 18 heteroatoms. The summed E-state index contributed by atoms with van der Waals surface area (Å²) >= 11 is 12.8. The van der Waals surface area contributed by atoms with Crippen LogP contribution in [0.5, 0.6) is 17.2 Å². The summed E-state index contributed by atoms with van der Waals surface area (Å²) in [5.41, 5.74) is 3.62. The number of carbonyl (C=O) groups is 4. The highest BCUT2D eigenvalue weighted by atomic mass is 35.5. The number of fused-ring (bicyclic) bond motifs is 2. The fraction of sp³-hybridized carbons (Fsp3) is 0.440. The number of nitrogens with one attached hydrogen (secondary N) is 2. The van der Waals surface area contributed by atoms with Gasteiger partial charge in [-0.3, -0.25) is 29.1 Å². The Kier molecular flexibility index (Phi) is 17.7. The Hall–Kier alpha value is -5.80. The molecule has 3 aromatic carbocycles. The molecule has 4 heterocycles. The average Bonchev–Trinajstić information content (AvgIpc) is 3.59. The standard InChI is InChI=1S/C50H57Cl2N7O9/c1-32-12-13-42(48(61)55-32)59-49(62)35-10-8-11-40(47(35)50(59)63)56-46(60)31-67-23-22-66-20-7-5-4-6-14-57-16-18-58(19-17-57)15-9-21-68-45-28-41-37(26-44(45)65-3)36(34(29-53)30-54-41)24-33-25-43(64-2)39(52)27-38(33)51/h8,10-11,25-28,30,42H,1,4-7,9,12-24,31H2,2-3H3,(H,55,61)(H,56,60). The Balaban J connectivity index is 0.728. The number of unbranched alkanes of at least 4 members (excludes halogenated alkanes) is 3. The van der Waals surface area contributed by atoms with E-state index in [9.17, 15) is 24.4 Å². The predicted molar refractivity (Wildman–Crippen MR) is 258 cm³/mol. The Morgan fingerprint density at radius 3 is 2.34 bits per heavy atom. The number of hydrogen-bond donors (Lipinski definition) is 2. The molecule has 1 atom stereocenters. The van der Waals surface area contributed by atoms with Crippen molar-refractivity contribution < 1.29 is 42.9 Å². The number of ether oxygens (including phenoxy) is 5. The molecule has 3 aliphatic heterocycles. The topological polar surface area (TPSA) is 185 Å². The summed E-state index contributed by atoms with van der Waals surface area (Å²) in [6.07, 6.45) is 7.81. The van der Waals surface area contributed by atoms with Gasteiger partial charge in [-0.2, -0.15) is 5.26 Å². The first-order valence-corrected chi connectivity index (χ1v) is 23.7. The van der Waals surface area contributed by atoms with Crippen LogP contribution in [0.3, 0.4) is 0 Å². The number of halogens is 2. The molecule has 0 saturated carbocycles. The molecule has 16 nitrogen and oxygen atoms in total. The van der Waals surface area contributed by atoms with Gasteiger partial charge in [0.25, 0.3) is 11.8 Å². The molecule has 4 aromatic rings. The summed E-state index contributed by atoms with van der Waals surface area (Å²) in [5.74, 6) is -0.447. The maximum absolute atomic E-state index is 13.3. The van der Waals surface area contributed by atoms with Crippen molar-refractivity contribution in [3.63, 3.8) is 0 Å². The number of nitriles is 1. The zero-order valence-corrected chi connectivity index (χ0v) is 40.0. The molecule has 1 aromatic heterocycles. The highest BCUT2D eigenvalue weighted by Crippen LogP contribution is 2.38. The van der Waals surface area contributed by atoms with Gasteiger partial charge in [0.15, 0.2) is 11.5 Å². The van der Waals surface area contributed by atoms with Crippen molar-refractivity contribution in [1.82, 2.24) is 25.0 Å². The fourth-order valence-corrected chi connectivity index (χ4v) is 9.26. The van der Waals surface area contributed by atoms with Crippen molar-refractivity contribution in [3.8, 4) is 23.3 Å². The van der Waals surface area contributed by atoms with Gasteiger partial charge in [-0.25, -0.2) is 0 Å². The normalized spacial score (nSPS) is 16.5. The molecular formula is C50H57Cl2N7O9. The Labute approximate surface area is 406 Å². The second-order valence-corrected chi connectivity index (χ2v) is 17.7. The van der Waals surface area contributed by atoms with E-state index in [1.807, 2.05) is 12.1 Å². The lowest BCUT2D eigenvalue weighted by molar-refractivity contribution is -0.125. The van der Waals surface area contributed by atoms with E-state index in [1.54, 1.807) is 44.7 Å². The van der Waals surface area contributed by atoms with Crippen LogP contribution in [-0.2, 0) is 25.5 Å². The zero-order valence-electron chi connectivity index (χ0n) is 38.5. The van der Waals surface area contributed by atoms with Crippen LogP contribution < -0.4 is 24.8 Å². The fourth-order valence-electron chi connectivity index (χ4n) is 8.74. The van der Waals surface area contributed by atoms with E-state index in [4.69, 9.17) is 46.9 Å². The zero-order chi connectivity index (χ0) is 48.2. The van der Waals surface area contributed by atoms with Gasteiger partial charge in [0.2, 0.25) is 11.8 Å². The molecular weight excluding hydrogens is 913 g/mol. The lowest BCUT2D eigenvalue weighted by Crippen LogP contribution is -2.51. The van der Waals surface area contributed by atoms with E-state index in [0.717, 1.165) is 92.8 Å². The van der Waals surface area contributed by atoms with Crippen LogP contribution >= 0.6 is 23.2 Å². The second-order valence-electron chi connectivity index (χ2n) is 16.9. The number of benzene rings is 3. The molecule has 2 fully saturated rings. The van der Waals surface area contributed by atoms with Crippen molar-refractivity contribution >= 4 is 63.4 Å². The third kappa shape index (κ3) is 12.3. The smallest absolute Gasteiger partial charge is 0.264 e. The maximum Gasteiger partial charge on any atom is 0.264 e. The number of piperazine rings is 1. The number of amides is 4. The lowest BCUT2D eigenvalue weighted by atomic mass is 9.96. The van der Waals surface area contributed by atoms with Crippen LogP contribution in [0.15, 0.2) is 60.9 Å². The summed E-state index contributed by atoms with van der Waals surface area (Å²) in [6, 6.07) is 13.1. The number of hydrogen-bond acceptors (Lipinski definition) is 13. The number of allylic oxidation sites excluding steroid dienone is 1. The number of rotatable bonds is 23. The first kappa shape index (κ1) is 50.1. The van der Waals surface area contributed by atoms with E-state index in [0.29, 0.717) is 76.7 Å². The Morgan fingerprint density at radius 2 is 1.60 bits per heavy atom. The third-order valence-corrected chi connectivity index (χ3v) is 13.0. The number of methoxy groups -OCH3 is 2. The molecule has 2 N–H and O–H groups in total. The summed E-state index contributed by atoms with van der Waals surface area (Å²) in [5, 5.41) is 16.9. The number of piperidine rings is 1. The highest BCUT2D eigenvalue weighted by Gasteiger charge is 2.45. The van der Waals surface area contributed by atoms with E-state index >= 15 is 0 Å². The minimum atomic E-state index is -0.937. The SMILES string of the molecule is C=C1CCC(N2C(=O)c3cccc(NC(=O)COCCOCCCCCCN4CCN(CCCOc5cc6ncc(C#N)c(Cc7cc(OC)c(Cl)cc7Cl)c6cc5OC)CC4)c3C2=O)C(=O)N1. The van der Waals surface area contributed by atoms with Gasteiger partial charge < -0.3 is 44.1 Å². The van der Waals surface area contributed by atoms with Crippen LogP contribution in [0.4, 0.5) is 5.69 Å². The largest absolute Gasteiger partial charge is 0.495 e. The second kappa shape index (κ2) is 24.0. The Bertz CT molecular complexity index is 2560. The minimum absolute atomic E-state index is 0.0676. The summed E-state index contributed by atoms with van der Waals surface area (Å²) in [4.78, 5) is 62.2. The molecule has 0 aliphatic carbocycles. The van der Waals surface area contributed by atoms with Gasteiger partial charge in [0, 0.05) is 74.1 Å². The first-order chi connectivity index (χ1) is 33.0. The van der Waals surface area contributed by atoms with Gasteiger partial charge in [0.1, 0.15) is 24.5 Å². The Morgan fingerprint density at radius 1 is 0.868 bits per heavy atom. The average molecular weight is 971 g/mol. The number of anilines is 1. The molecule has 0 radical (unpaired) electrons. The van der Waals surface area contributed by atoms with Gasteiger partial charge >= 0.3 is 0 Å². The van der Waals surface area contributed by atoms with Gasteiger partial charge in [0.05, 0.1) is 67.0 Å². The molecule has 3 aliphatic rings. The van der Waals surface area contributed by atoms with Crippen LogP contribution in [-0.4, -0.2) is 136 Å². The van der Waals surface area contributed by atoms with Gasteiger partial charge in [-0.1, -0.05) is 48.7 Å². The molecule has 0 spiro atoms. The van der Waals surface area contributed by atoms with Crippen LogP contribution in [0.1, 0.15) is 82.4 Å². The van der Waals surface area contributed by atoms with E-state index in [1.165, 1.54) is 6.07 Å². The third-order valence-electron chi connectivity index (χ3n) is 12.4. The van der Waals surface area contributed by atoms with Crippen molar-refractivity contribution in [1.29, 1.82) is 5.26 Å². The molecule has 4 amide bonds. The number of aromatic nitrogens is 1. The molecule has 360 valence electrons. The highest BCUT2D eigenvalue weighted by molar-refractivity contribution is 6.36. The predicted octanol–water partition coefficient (Wildman–Crippen LogP) is 7.03. The number of carbonyl (C=O) groups excluding carboxylic acids is 4. The van der Waals surface area contributed by atoms with Crippen LogP contribution in [0, 0.1) is 11.3 Å². The van der Waals surface area contributed by atoms with E-state index < -0.39 is 29.7 Å². The molecule has 7 rings (SSSR count). The summed E-state index contributed by atoms with van der Waals surface area (Å²) in [6.45, 7) is 11.3. The quantitative estimate of drug-likeness (QED) is 0.0571. The van der Waals surface area contributed by atoms with Crippen molar-refractivity contribution in [3.05, 3.63) is 98.8 Å². The van der Waals surface area contributed by atoms with Crippen LogP contribution in [0.25, 0.3) is 10.9 Å². The van der Waals surface area contributed by atoms with Gasteiger partial charge in [-0.15, -0.1) is 0 Å². The first-order valence-electron chi connectivity index (χ1n) is 22.9. The number of pyridine rings is 1. The number of imide groups is 1.